The minimum Gasteiger partial charge on any atom is -0.341 e. The molecule has 0 unspecified atom stereocenters. The quantitative estimate of drug-likeness (QED) is 0.796. The fourth-order valence-electron chi connectivity index (χ4n) is 4.69. The van der Waals surface area contributed by atoms with Crippen LogP contribution >= 0.6 is 0 Å². The van der Waals surface area contributed by atoms with Crippen LogP contribution in [-0.2, 0) is 22.4 Å². The van der Waals surface area contributed by atoms with Crippen LogP contribution in [0.4, 0.5) is 5.69 Å². The molecular weight excluding hydrogens is 386 g/mol. The Kier molecular flexibility index (Phi) is 6.71. The average molecular weight is 420 g/mol. The summed E-state index contributed by atoms with van der Waals surface area (Å²) < 4.78 is 0. The van der Waals surface area contributed by atoms with Gasteiger partial charge in [-0.2, -0.15) is 0 Å². The average Bonchev–Trinajstić information content (AvgIpc) is 2.79. The first-order chi connectivity index (χ1) is 15.0. The number of hydrogen-bond acceptors (Lipinski definition) is 3. The summed E-state index contributed by atoms with van der Waals surface area (Å²) in [5.41, 5.74) is 4.31. The second-order valence-corrected chi connectivity index (χ2v) is 8.93. The minimum atomic E-state index is -0.383. The largest absolute Gasteiger partial charge is 0.341 e. The molecule has 1 saturated heterocycles. The first-order valence-electron chi connectivity index (χ1n) is 11.5. The van der Waals surface area contributed by atoms with Crippen molar-refractivity contribution >= 4 is 17.5 Å². The van der Waals surface area contributed by atoms with Crippen molar-refractivity contribution in [3.05, 3.63) is 65.2 Å². The molecule has 2 aliphatic heterocycles. The van der Waals surface area contributed by atoms with Crippen molar-refractivity contribution in [2.75, 3.05) is 31.5 Å². The van der Waals surface area contributed by atoms with Gasteiger partial charge in [0.05, 0.1) is 6.54 Å². The maximum Gasteiger partial charge on any atom is 0.244 e. The molecule has 0 radical (unpaired) electrons. The zero-order valence-corrected chi connectivity index (χ0v) is 18.6. The monoisotopic (exact) mass is 419 g/mol. The third-order valence-electron chi connectivity index (χ3n) is 6.71. The lowest BCUT2D eigenvalue weighted by Gasteiger charge is -2.40. The van der Waals surface area contributed by atoms with E-state index < -0.39 is 0 Å². The van der Waals surface area contributed by atoms with Crippen LogP contribution in [0.15, 0.2) is 48.5 Å². The van der Waals surface area contributed by atoms with E-state index in [1.54, 1.807) is 0 Å². The van der Waals surface area contributed by atoms with E-state index in [-0.39, 0.29) is 24.4 Å². The molecule has 0 saturated carbocycles. The van der Waals surface area contributed by atoms with Crippen LogP contribution < -0.4 is 5.32 Å². The van der Waals surface area contributed by atoms with Crippen molar-refractivity contribution in [1.82, 2.24) is 9.80 Å². The van der Waals surface area contributed by atoms with E-state index >= 15 is 0 Å². The SMILES string of the molecule is CCc1ccc(NC(=O)CN2CCc3ccccc3[C@@H]2C(=O)N2CCC(C)CC2)cc1. The highest BCUT2D eigenvalue weighted by atomic mass is 16.2. The van der Waals surface area contributed by atoms with E-state index in [2.05, 4.69) is 36.2 Å². The molecule has 2 aliphatic rings. The Morgan fingerprint density at radius 2 is 1.71 bits per heavy atom. The van der Waals surface area contributed by atoms with Crippen molar-refractivity contribution in [3.8, 4) is 0 Å². The molecule has 164 valence electrons. The fraction of sp³-hybridized carbons (Fsp3) is 0.462. The Labute approximate surface area is 185 Å². The molecule has 2 aromatic carbocycles. The summed E-state index contributed by atoms with van der Waals surface area (Å²) in [6.45, 7) is 6.90. The highest BCUT2D eigenvalue weighted by Crippen LogP contribution is 2.32. The number of nitrogens with zero attached hydrogens (tertiary/aromatic N) is 2. The van der Waals surface area contributed by atoms with E-state index in [0.29, 0.717) is 12.5 Å². The molecule has 0 spiro atoms. The predicted molar refractivity (Wildman–Crippen MR) is 124 cm³/mol. The van der Waals surface area contributed by atoms with Crippen LogP contribution in [0.1, 0.15) is 49.4 Å². The molecule has 2 heterocycles. The van der Waals surface area contributed by atoms with Crippen molar-refractivity contribution in [2.45, 2.75) is 45.6 Å². The van der Waals surface area contributed by atoms with E-state index in [9.17, 15) is 9.59 Å². The zero-order chi connectivity index (χ0) is 21.8. The zero-order valence-electron chi connectivity index (χ0n) is 18.6. The normalized spacial score (nSPS) is 19.7. The van der Waals surface area contributed by atoms with Gasteiger partial charge in [0.1, 0.15) is 6.04 Å². The summed E-state index contributed by atoms with van der Waals surface area (Å²) in [4.78, 5) is 30.5. The Morgan fingerprint density at radius 3 is 2.42 bits per heavy atom. The number of nitrogens with one attached hydrogen (secondary N) is 1. The number of anilines is 1. The first-order valence-corrected chi connectivity index (χ1v) is 11.5. The van der Waals surface area contributed by atoms with Gasteiger partial charge in [-0.05, 0) is 60.4 Å². The summed E-state index contributed by atoms with van der Waals surface area (Å²) in [6.07, 6.45) is 3.93. The molecule has 5 heteroatoms. The van der Waals surface area contributed by atoms with Gasteiger partial charge in [-0.1, -0.05) is 50.2 Å². The van der Waals surface area contributed by atoms with Crippen molar-refractivity contribution in [3.63, 3.8) is 0 Å². The molecule has 0 aromatic heterocycles. The summed E-state index contributed by atoms with van der Waals surface area (Å²) >= 11 is 0. The molecule has 2 aromatic rings. The van der Waals surface area contributed by atoms with Crippen LogP contribution in [0.5, 0.6) is 0 Å². The highest BCUT2D eigenvalue weighted by Gasteiger charge is 2.37. The summed E-state index contributed by atoms with van der Waals surface area (Å²) in [7, 11) is 0. The number of fused-ring (bicyclic) bond motifs is 1. The number of rotatable bonds is 5. The van der Waals surface area contributed by atoms with Gasteiger partial charge >= 0.3 is 0 Å². The van der Waals surface area contributed by atoms with Gasteiger partial charge < -0.3 is 10.2 Å². The number of piperidine rings is 1. The number of benzene rings is 2. The first kappa shape index (κ1) is 21.6. The van der Waals surface area contributed by atoms with Crippen LogP contribution in [-0.4, -0.2) is 47.8 Å². The van der Waals surface area contributed by atoms with E-state index in [1.807, 2.05) is 41.3 Å². The molecule has 1 N–H and O–H groups in total. The molecule has 2 amide bonds. The maximum atomic E-state index is 13.6. The molecule has 1 fully saturated rings. The van der Waals surface area contributed by atoms with Gasteiger partial charge in [-0.3, -0.25) is 14.5 Å². The van der Waals surface area contributed by atoms with Crippen molar-refractivity contribution < 1.29 is 9.59 Å². The van der Waals surface area contributed by atoms with Crippen LogP contribution in [0.2, 0.25) is 0 Å². The number of carbonyl (C=O) groups excluding carboxylic acids is 2. The van der Waals surface area contributed by atoms with Crippen molar-refractivity contribution in [1.29, 1.82) is 0 Å². The van der Waals surface area contributed by atoms with E-state index in [4.69, 9.17) is 0 Å². The third kappa shape index (κ3) is 4.99. The van der Waals surface area contributed by atoms with Crippen LogP contribution in [0, 0.1) is 5.92 Å². The summed E-state index contributed by atoms with van der Waals surface area (Å²) in [6, 6.07) is 15.8. The van der Waals surface area contributed by atoms with Gasteiger partial charge in [0.25, 0.3) is 0 Å². The fourth-order valence-corrected chi connectivity index (χ4v) is 4.69. The summed E-state index contributed by atoms with van der Waals surface area (Å²) in [5.74, 6) is 0.733. The molecule has 0 bridgehead atoms. The molecule has 4 rings (SSSR count). The lowest BCUT2D eigenvalue weighted by Crippen LogP contribution is -2.50. The number of aryl methyl sites for hydroxylation is 1. The topological polar surface area (TPSA) is 52.7 Å². The second-order valence-electron chi connectivity index (χ2n) is 8.93. The van der Waals surface area contributed by atoms with Crippen LogP contribution in [0.3, 0.4) is 0 Å². The Hall–Kier alpha value is -2.66. The van der Waals surface area contributed by atoms with Crippen LogP contribution in [0.25, 0.3) is 0 Å². The lowest BCUT2D eigenvalue weighted by atomic mass is 9.90. The second kappa shape index (κ2) is 9.65. The molecule has 1 atom stereocenters. The number of carbonyl (C=O) groups is 2. The van der Waals surface area contributed by atoms with Gasteiger partial charge in [0.15, 0.2) is 0 Å². The highest BCUT2D eigenvalue weighted by molar-refractivity contribution is 5.93. The van der Waals surface area contributed by atoms with E-state index in [1.165, 1.54) is 11.1 Å². The molecule has 5 nitrogen and oxygen atoms in total. The third-order valence-corrected chi connectivity index (χ3v) is 6.71. The minimum absolute atomic E-state index is 0.0753. The molecule has 0 aliphatic carbocycles. The Balaban J connectivity index is 1.50. The summed E-state index contributed by atoms with van der Waals surface area (Å²) in [5, 5.41) is 3.00. The van der Waals surface area contributed by atoms with Gasteiger partial charge in [0, 0.05) is 25.3 Å². The maximum absolute atomic E-state index is 13.6. The van der Waals surface area contributed by atoms with E-state index in [0.717, 1.165) is 50.0 Å². The molecule has 31 heavy (non-hydrogen) atoms. The van der Waals surface area contributed by atoms with Crippen molar-refractivity contribution in [2.24, 2.45) is 5.92 Å². The molecular formula is C26H33N3O2. The van der Waals surface area contributed by atoms with Gasteiger partial charge in [0.2, 0.25) is 11.8 Å². The van der Waals surface area contributed by atoms with Gasteiger partial charge in [-0.25, -0.2) is 0 Å². The number of likely N-dealkylation sites (tertiary alicyclic amines) is 1. The number of hydrogen-bond donors (Lipinski definition) is 1. The lowest BCUT2D eigenvalue weighted by molar-refractivity contribution is -0.139. The predicted octanol–water partition coefficient (Wildman–Crippen LogP) is 4.05. The Bertz CT molecular complexity index is 917. The number of amides is 2. The van der Waals surface area contributed by atoms with Gasteiger partial charge in [-0.15, -0.1) is 0 Å². The standard InChI is InChI=1S/C26H33N3O2/c1-3-20-8-10-22(11-9-20)27-24(30)18-29-17-14-21-6-4-5-7-23(21)25(29)26(31)28-15-12-19(2)13-16-28/h4-11,19,25H,3,12-18H2,1-2H3,(H,27,30)/t25-/m1/s1. The Morgan fingerprint density at radius 1 is 1.00 bits per heavy atom. The smallest absolute Gasteiger partial charge is 0.244 e.